The molecule has 0 bridgehead atoms. The molecule has 0 aromatic heterocycles. The molecular weight excluding hydrogens is 403 g/mol. The van der Waals surface area contributed by atoms with E-state index in [1.807, 2.05) is 18.2 Å². The molecular formula is C24H30F3N3O. The van der Waals surface area contributed by atoms with Crippen LogP contribution < -0.4 is 5.32 Å². The molecule has 1 aliphatic carbocycles. The molecule has 4 nitrogen and oxygen atoms in total. The van der Waals surface area contributed by atoms with E-state index in [1.54, 1.807) is 0 Å². The summed E-state index contributed by atoms with van der Waals surface area (Å²) < 4.78 is 36.7. The van der Waals surface area contributed by atoms with Gasteiger partial charge >= 0.3 is 6.18 Å². The van der Waals surface area contributed by atoms with E-state index in [0.29, 0.717) is 11.5 Å². The Morgan fingerprint density at radius 3 is 2.65 bits per heavy atom. The van der Waals surface area contributed by atoms with E-state index in [2.05, 4.69) is 28.4 Å². The summed E-state index contributed by atoms with van der Waals surface area (Å²) in [4.78, 5) is 14.1. The quantitative estimate of drug-likeness (QED) is 0.654. The predicted molar refractivity (Wildman–Crippen MR) is 114 cm³/mol. The van der Waals surface area contributed by atoms with Crippen LogP contribution in [0, 0.1) is 17.2 Å². The summed E-state index contributed by atoms with van der Waals surface area (Å²) in [5, 5.41) is 11.8. The van der Waals surface area contributed by atoms with Crippen LogP contribution in [0.25, 0.3) is 5.57 Å². The molecule has 7 heteroatoms. The first-order valence-corrected chi connectivity index (χ1v) is 11.1. The summed E-state index contributed by atoms with van der Waals surface area (Å²) in [6, 6.07) is 9.96. The monoisotopic (exact) mass is 433 g/mol. The number of carbonyl (C=O) groups excluding carboxylic acids is 1. The highest BCUT2D eigenvalue weighted by Gasteiger charge is 2.29. The molecule has 0 spiro atoms. The fourth-order valence-corrected chi connectivity index (χ4v) is 4.48. The van der Waals surface area contributed by atoms with Crippen molar-refractivity contribution in [3.05, 3.63) is 41.5 Å². The molecule has 1 aromatic carbocycles. The summed E-state index contributed by atoms with van der Waals surface area (Å²) in [6.07, 6.45) is 2.27. The molecule has 0 radical (unpaired) electrons. The predicted octanol–water partition coefficient (Wildman–Crippen LogP) is 5.05. The van der Waals surface area contributed by atoms with Gasteiger partial charge in [0.15, 0.2) is 0 Å². The highest BCUT2D eigenvalue weighted by atomic mass is 19.4. The molecule has 1 N–H and O–H groups in total. The van der Waals surface area contributed by atoms with Gasteiger partial charge in [-0.2, -0.15) is 18.4 Å². The number of amides is 1. The number of halogens is 3. The van der Waals surface area contributed by atoms with Crippen molar-refractivity contribution in [1.29, 1.82) is 5.26 Å². The third-order valence-electron chi connectivity index (χ3n) is 6.36. The SMILES string of the molecule is N#Cc1cccc(C2=CCN(CC[C@H]3CC[C@H](NC(=O)CCC(F)(F)F)CC3)CC2)c1. The Hall–Kier alpha value is -2.33. The third-order valence-corrected chi connectivity index (χ3v) is 6.36. The van der Waals surface area contributed by atoms with E-state index < -0.39 is 24.9 Å². The molecule has 31 heavy (non-hydrogen) atoms. The van der Waals surface area contributed by atoms with Gasteiger partial charge in [-0.1, -0.05) is 18.2 Å². The van der Waals surface area contributed by atoms with E-state index >= 15 is 0 Å². The molecule has 1 aliphatic heterocycles. The van der Waals surface area contributed by atoms with Crippen molar-refractivity contribution in [3.8, 4) is 6.07 Å². The molecule has 3 rings (SSSR count). The first kappa shape index (κ1) is 23.3. The van der Waals surface area contributed by atoms with E-state index in [0.717, 1.165) is 63.7 Å². The lowest BCUT2D eigenvalue weighted by atomic mass is 9.84. The van der Waals surface area contributed by atoms with Crippen molar-refractivity contribution >= 4 is 11.5 Å². The van der Waals surface area contributed by atoms with Crippen molar-refractivity contribution in [3.63, 3.8) is 0 Å². The smallest absolute Gasteiger partial charge is 0.353 e. The Labute approximate surface area is 182 Å². The molecule has 1 fully saturated rings. The van der Waals surface area contributed by atoms with Crippen molar-refractivity contribution in [2.75, 3.05) is 19.6 Å². The van der Waals surface area contributed by atoms with Crippen LogP contribution in [0.3, 0.4) is 0 Å². The standard InChI is InChI=1S/C24H30F3N3O/c25-24(26,27)12-8-23(31)29-22-6-4-18(5-7-22)9-13-30-14-10-20(11-15-30)21-3-1-2-19(16-21)17-28/h1-3,10,16,18,22H,4-9,11-15H2,(H,29,31)/t18-,22-. The number of hydrogen-bond acceptors (Lipinski definition) is 3. The van der Waals surface area contributed by atoms with Crippen LogP contribution in [0.15, 0.2) is 30.3 Å². The van der Waals surface area contributed by atoms with Gasteiger partial charge in [-0.25, -0.2) is 0 Å². The highest BCUT2D eigenvalue weighted by Crippen LogP contribution is 2.29. The third kappa shape index (κ3) is 7.70. The number of nitriles is 1. The number of carbonyl (C=O) groups is 1. The van der Waals surface area contributed by atoms with Crippen LogP contribution in [-0.4, -0.2) is 42.7 Å². The molecule has 1 aromatic rings. The molecule has 1 saturated carbocycles. The van der Waals surface area contributed by atoms with Gasteiger partial charge in [0, 0.05) is 25.6 Å². The Bertz CT molecular complexity index is 820. The zero-order valence-corrected chi connectivity index (χ0v) is 17.8. The summed E-state index contributed by atoms with van der Waals surface area (Å²) in [7, 11) is 0. The van der Waals surface area contributed by atoms with E-state index in [1.165, 1.54) is 5.57 Å². The second-order valence-corrected chi connectivity index (χ2v) is 8.66. The Kier molecular flexibility index (Phi) is 8.14. The van der Waals surface area contributed by atoms with Crippen molar-refractivity contribution in [2.24, 2.45) is 5.92 Å². The van der Waals surface area contributed by atoms with Crippen molar-refractivity contribution < 1.29 is 18.0 Å². The van der Waals surface area contributed by atoms with Gasteiger partial charge in [0.2, 0.25) is 5.91 Å². The van der Waals surface area contributed by atoms with Gasteiger partial charge in [-0.05, 0) is 74.3 Å². The average Bonchev–Trinajstić information content (AvgIpc) is 2.77. The lowest BCUT2D eigenvalue weighted by Crippen LogP contribution is -2.38. The van der Waals surface area contributed by atoms with Crippen molar-refractivity contribution in [1.82, 2.24) is 10.2 Å². The van der Waals surface area contributed by atoms with Gasteiger partial charge in [0.05, 0.1) is 18.1 Å². The number of hydrogen-bond donors (Lipinski definition) is 1. The topological polar surface area (TPSA) is 56.1 Å². The highest BCUT2D eigenvalue weighted by molar-refractivity contribution is 5.76. The van der Waals surface area contributed by atoms with E-state index in [9.17, 15) is 18.0 Å². The van der Waals surface area contributed by atoms with Gasteiger partial charge < -0.3 is 5.32 Å². The molecule has 0 saturated heterocycles. The average molecular weight is 434 g/mol. The second kappa shape index (κ2) is 10.8. The Morgan fingerprint density at radius 1 is 1.23 bits per heavy atom. The zero-order chi connectivity index (χ0) is 22.3. The van der Waals surface area contributed by atoms with Crippen molar-refractivity contribution in [2.45, 2.75) is 63.6 Å². The zero-order valence-electron chi connectivity index (χ0n) is 17.8. The molecule has 2 aliphatic rings. The molecule has 168 valence electrons. The van der Waals surface area contributed by atoms with Crippen LogP contribution >= 0.6 is 0 Å². The van der Waals surface area contributed by atoms with Crippen LogP contribution in [0.2, 0.25) is 0 Å². The number of nitrogens with zero attached hydrogens (tertiary/aromatic N) is 2. The number of nitrogens with one attached hydrogen (secondary N) is 1. The summed E-state index contributed by atoms with van der Waals surface area (Å²) in [6.45, 7) is 2.96. The minimum atomic E-state index is -4.28. The maximum atomic E-state index is 12.2. The van der Waals surface area contributed by atoms with Crippen LogP contribution in [-0.2, 0) is 4.79 Å². The van der Waals surface area contributed by atoms with Crippen LogP contribution in [0.4, 0.5) is 13.2 Å². The lowest BCUT2D eigenvalue weighted by molar-refractivity contribution is -0.144. The van der Waals surface area contributed by atoms with Gasteiger partial charge in [0.25, 0.3) is 0 Å². The molecule has 1 amide bonds. The maximum absolute atomic E-state index is 12.2. The van der Waals surface area contributed by atoms with Gasteiger partial charge in [-0.3, -0.25) is 9.69 Å². The van der Waals surface area contributed by atoms with Gasteiger partial charge in [-0.15, -0.1) is 0 Å². The molecule has 1 heterocycles. The normalized spacial score (nSPS) is 22.5. The second-order valence-electron chi connectivity index (χ2n) is 8.66. The summed E-state index contributed by atoms with van der Waals surface area (Å²) >= 11 is 0. The Balaban J connectivity index is 1.34. The molecule has 0 atom stereocenters. The Morgan fingerprint density at radius 2 is 2.00 bits per heavy atom. The first-order valence-electron chi connectivity index (χ1n) is 11.1. The minimum Gasteiger partial charge on any atom is -0.353 e. The lowest BCUT2D eigenvalue weighted by Gasteiger charge is -2.32. The number of benzene rings is 1. The minimum absolute atomic E-state index is 0.0154. The van der Waals surface area contributed by atoms with Gasteiger partial charge in [0.1, 0.15) is 0 Å². The fraction of sp³-hybridized carbons (Fsp3) is 0.583. The largest absolute Gasteiger partial charge is 0.389 e. The summed E-state index contributed by atoms with van der Waals surface area (Å²) in [5.74, 6) is 0.123. The summed E-state index contributed by atoms with van der Waals surface area (Å²) in [5.41, 5.74) is 3.12. The van der Waals surface area contributed by atoms with E-state index in [-0.39, 0.29) is 6.04 Å². The maximum Gasteiger partial charge on any atom is 0.389 e. The number of rotatable bonds is 7. The first-order chi connectivity index (χ1) is 14.8. The van der Waals surface area contributed by atoms with Crippen LogP contribution in [0.5, 0.6) is 0 Å². The van der Waals surface area contributed by atoms with E-state index in [4.69, 9.17) is 5.26 Å². The number of alkyl halides is 3. The van der Waals surface area contributed by atoms with Crippen LogP contribution in [0.1, 0.15) is 62.5 Å². The molecule has 0 unspecified atom stereocenters. The fourth-order valence-electron chi connectivity index (χ4n) is 4.48.